The normalized spacial score (nSPS) is 28.6. The zero-order valence-electron chi connectivity index (χ0n) is 27.3. The van der Waals surface area contributed by atoms with Crippen LogP contribution >= 0.6 is 0 Å². The topological polar surface area (TPSA) is 173 Å². The standard InChI is InChI=1S/C31H58BN7O5/c1-30(2)23-17-24(30)31(3)25(18-23)43-32(44-31)26-8-7-15-39(26)29(42)21-38-27(40)9-5-4-6-12-37-28(41)16-22(19-35-13-10-33)20-36-14-11-34/h22-26,35-36H,4-21,33-34H2,1-3H3,(H,37,41)(H,38,40)/t23-,24-,25?,26-,31-/m0/s1. The largest absolute Gasteiger partial charge is 0.481 e. The number of nitrogens with one attached hydrogen (secondary N) is 4. The molecule has 44 heavy (non-hydrogen) atoms. The van der Waals surface area contributed by atoms with Crippen LogP contribution in [0.1, 0.15) is 78.6 Å². The Morgan fingerprint density at radius 1 is 0.955 bits per heavy atom. The summed E-state index contributed by atoms with van der Waals surface area (Å²) in [6, 6.07) is 0. The zero-order valence-corrected chi connectivity index (χ0v) is 27.3. The predicted molar refractivity (Wildman–Crippen MR) is 171 cm³/mol. The van der Waals surface area contributed by atoms with Gasteiger partial charge in [-0.1, -0.05) is 20.3 Å². The Morgan fingerprint density at radius 3 is 2.36 bits per heavy atom. The van der Waals surface area contributed by atoms with Crippen LogP contribution in [0.25, 0.3) is 0 Å². The Labute approximate surface area is 264 Å². The fraction of sp³-hybridized carbons (Fsp3) is 0.903. The van der Waals surface area contributed by atoms with E-state index in [4.69, 9.17) is 20.8 Å². The molecular formula is C31H58BN7O5. The Morgan fingerprint density at radius 2 is 1.68 bits per heavy atom. The van der Waals surface area contributed by atoms with Crippen molar-refractivity contribution in [2.75, 3.05) is 58.9 Å². The first-order valence-electron chi connectivity index (χ1n) is 17.1. The van der Waals surface area contributed by atoms with Gasteiger partial charge in [-0.3, -0.25) is 14.4 Å². The first-order chi connectivity index (χ1) is 21.1. The molecule has 12 nitrogen and oxygen atoms in total. The summed E-state index contributed by atoms with van der Waals surface area (Å²) in [5, 5.41) is 12.4. The molecule has 2 saturated heterocycles. The lowest BCUT2D eigenvalue weighted by Crippen LogP contribution is -2.65. The van der Waals surface area contributed by atoms with Gasteiger partial charge in [-0.25, -0.2) is 0 Å². The molecule has 5 rings (SSSR count). The summed E-state index contributed by atoms with van der Waals surface area (Å²) in [5.74, 6) is 1.07. The summed E-state index contributed by atoms with van der Waals surface area (Å²) >= 11 is 0. The van der Waals surface area contributed by atoms with E-state index in [1.165, 1.54) is 6.42 Å². The molecule has 2 heterocycles. The number of hydrogen-bond acceptors (Lipinski definition) is 9. The van der Waals surface area contributed by atoms with Crippen molar-refractivity contribution in [1.82, 2.24) is 26.2 Å². The maximum absolute atomic E-state index is 13.1. The molecule has 5 fully saturated rings. The molecule has 0 aromatic heterocycles. The summed E-state index contributed by atoms with van der Waals surface area (Å²) in [6.07, 6.45) is 7.23. The van der Waals surface area contributed by atoms with Crippen LogP contribution in [-0.4, -0.2) is 106 Å². The minimum Gasteiger partial charge on any atom is -0.404 e. The first kappa shape index (κ1) is 35.1. The van der Waals surface area contributed by atoms with Crippen molar-refractivity contribution in [1.29, 1.82) is 0 Å². The van der Waals surface area contributed by atoms with Gasteiger partial charge in [0.25, 0.3) is 0 Å². The van der Waals surface area contributed by atoms with Crippen LogP contribution in [0.4, 0.5) is 0 Å². The fourth-order valence-electron chi connectivity index (χ4n) is 8.00. The number of nitrogens with two attached hydrogens (primary N) is 2. The predicted octanol–water partition coefficient (Wildman–Crippen LogP) is 0.141. The van der Waals surface area contributed by atoms with E-state index in [9.17, 15) is 14.4 Å². The number of rotatable bonds is 19. The Balaban J connectivity index is 1.08. The lowest BCUT2D eigenvalue weighted by molar-refractivity contribution is -0.199. The second kappa shape index (κ2) is 16.2. The summed E-state index contributed by atoms with van der Waals surface area (Å²) in [5.41, 5.74) is 11.1. The summed E-state index contributed by atoms with van der Waals surface area (Å²) < 4.78 is 13.1. The highest BCUT2D eigenvalue weighted by Crippen LogP contribution is 2.65. The van der Waals surface area contributed by atoms with E-state index in [0.717, 1.165) is 58.3 Å². The van der Waals surface area contributed by atoms with E-state index in [2.05, 4.69) is 42.0 Å². The van der Waals surface area contributed by atoms with E-state index < -0.39 is 7.12 Å². The Kier molecular flexibility index (Phi) is 12.9. The van der Waals surface area contributed by atoms with Gasteiger partial charge in [0.05, 0.1) is 24.2 Å². The second-order valence-corrected chi connectivity index (χ2v) is 14.1. The highest BCUT2D eigenvalue weighted by Gasteiger charge is 2.69. The fourth-order valence-corrected chi connectivity index (χ4v) is 8.00. The number of nitrogens with zero attached hydrogens (tertiary/aromatic N) is 1. The minimum atomic E-state index is -0.394. The maximum atomic E-state index is 13.1. The highest BCUT2D eigenvalue weighted by molar-refractivity contribution is 6.48. The van der Waals surface area contributed by atoms with Gasteiger partial charge >= 0.3 is 7.12 Å². The van der Waals surface area contributed by atoms with Crippen LogP contribution in [-0.2, 0) is 23.7 Å². The number of amides is 3. The summed E-state index contributed by atoms with van der Waals surface area (Å²) in [7, 11) is -0.394. The van der Waals surface area contributed by atoms with Crippen molar-refractivity contribution < 1.29 is 23.7 Å². The minimum absolute atomic E-state index is 0.00201. The lowest BCUT2D eigenvalue weighted by Gasteiger charge is -2.64. The Bertz CT molecular complexity index is 964. The van der Waals surface area contributed by atoms with Crippen LogP contribution in [0.2, 0.25) is 0 Å². The van der Waals surface area contributed by atoms with Crippen LogP contribution in [0.3, 0.4) is 0 Å². The second-order valence-electron chi connectivity index (χ2n) is 14.1. The van der Waals surface area contributed by atoms with Crippen LogP contribution in [0.5, 0.6) is 0 Å². The van der Waals surface area contributed by atoms with Gasteiger partial charge in [0.15, 0.2) is 0 Å². The van der Waals surface area contributed by atoms with Gasteiger partial charge in [-0.15, -0.1) is 0 Å². The molecule has 0 radical (unpaired) electrons. The number of unbranched alkanes of at least 4 members (excludes halogenated alkanes) is 2. The quantitative estimate of drug-likeness (QED) is 0.0869. The van der Waals surface area contributed by atoms with Gasteiger partial charge in [0.1, 0.15) is 0 Å². The third kappa shape index (κ3) is 8.53. The molecule has 2 bridgehead atoms. The number of carbonyl (C=O) groups excluding carboxylic acids is 3. The monoisotopic (exact) mass is 619 g/mol. The van der Waals surface area contributed by atoms with Crippen molar-refractivity contribution in [2.24, 2.45) is 34.6 Å². The van der Waals surface area contributed by atoms with Gasteiger partial charge in [-0.2, -0.15) is 0 Å². The van der Waals surface area contributed by atoms with Crippen molar-refractivity contribution >= 4 is 24.8 Å². The molecule has 1 unspecified atom stereocenters. The molecule has 3 aliphatic carbocycles. The third-order valence-electron chi connectivity index (χ3n) is 10.7. The van der Waals surface area contributed by atoms with Crippen LogP contribution in [0.15, 0.2) is 0 Å². The van der Waals surface area contributed by atoms with Gasteiger partial charge in [-0.05, 0) is 81.7 Å². The average molecular weight is 620 g/mol. The molecule has 0 aromatic carbocycles. The Hall–Kier alpha value is -1.77. The molecule has 5 atom stereocenters. The first-order valence-corrected chi connectivity index (χ1v) is 17.1. The molecule has 250 valence electrons. The number of likely N-dealkylation sites (tertiary alicyclic amines) is 1. The third-order valence-corrected chi connectivity index (χ3v) is 10.7. The highest BCUT2D eigenvalue weighted by atomic mass is 16.7. The smallest absolute Gasteiger partial charge is 0.404 e. The van der Waals surface area contributed by atoms with E-state index >= 15 is 0 Å². The SMILES string of the molecule is CC1(C)[C@@H]2CC3OB([C@@H]4CCCN4C(=O)CNC(=O)CCCCCNC(=O)CC(CNCCN)CNCCN)O[C@@]3(C)[C@H]1C2. The van der Waals surface area contributed by atoms with E-state index in [0.29, 0.717) is 57.3 Å². The molecule has 8 N–H and O–H groups in total. The summed E-state index contributed by atoms with van der Waals surface area (Å²) in [4.78, 5) is 39.9. The molecule has 0 aromatic rings. The van der Waals surface area contributed by atoms with Crippen molar-refractivity contribution in [2.45, 2.75) is 96.2 Å². The van der Waals surface area contributed by atoms with E-state index in [1.807, 2.05) is 4.90 Å². The molecule has 3 saturated carbocycles. The average Bonchev–Trinajstić information content (AvgIpc) is 3.62. The van der Waals surface area contributed by atoms with Gasteiger partial charge < -0.3 is 46.9 Å². The van der Waals surface area contributed by atoms with Crippen LogP contribution in [0, 0.1) is 23.2 Å². The van der Waals surface area contributed by atoms with Crippen molar-refractivity contribution in [3.63, 3.8) is 0 Å². The zero-order chi connectivity index (χ0) is 31.7. The molecule has 13 heteroatoms. The van der Waals surface area contributed by atoms with Gasteiger partial charge in [0.2, 0.25) is 17.7 Å². The van der Waals surface area contributed by atoms with E-state index in [-0.39, 0.29) is 53.2 Å². The molecule has 3 amide bonds. The lowest BCUT2D eigenvalue weighted by atomic mass is 9.43. The van der Waals surface area contributed by atoms with Crippen LogP contribution < -0.4 is 32.7 Å². The molecule has 0 spiro atoms. The van der Waals surface area contributed by atoms with Crippen molar-refractivity contribution in [3.8, 4) is 0 Å². The van der Waals surface area contributed by atoms with Gasteiger partial charge in [0, 0.05) is 52.1 Å². The number of carbonyl (C=O) groups is 3. The van der Waals surface area contributed by atoms with E-state index in [1.54, 1.807) is 0 Å². The molecule has 2 aliphatic heterocycles. The van der Waals surface area contributed by atoms with Crippen molar-refractivity contribution in [3.05, 3.63) is 0 Å². The number of hydrogen-bond donors (Lipinski definition) is 6. The molecular weight excluding hydrogens is 561 g/mol. The maximum Gasteiger partial charge on any atom is 0.481 e. The summed E-state index contributed by atoms with van der Waals surface area (Å²) in [6.45, 7) is 12.2. The molecule has 5 aliphatic rings.